The van der Waals surface area contributed by atoms with Gasteiger partial charge in [0.15, 0.2) is 0 Å². The van der Waals surface area contributed by atoms with Crippen LogP contribution in [0.3, 0.4) is 0 Å². The van der Waals surface area contributed by atoms with Crippen LogP contribution in [0.4, 0.5) is 0 Å². The molecule has 0 aliphatic rings. The number of phenolic OH excluding ortho intramolecular Hbond substituents is 1. The molecule has 98 valence electrons. The van der Waals surface area contributed by atoms with Crippen LogP contribution in [0.2, 0.25) is 0 Å². The maximum absolute atomic E-state index is 10.2. The maximum Gasteiger partial charge on any atom is 0.124 e. The first kappa shape index (κ1) is 13.3. The summed E-state index contributed by atoms with van der Waals surface area (Å²) in [6.07, 6.45) is 0.940. The Balaban J connectivity index is 2.09. The van der Waals surface area contributed by atoms with Crippen molar-refractivity contribution in [2.24, 2.45) is 4.99 Å². The molecular formula is C16H17NO2. The van der Waals surface area contributed by atoms with E-state index in [9.17, 15) is 10.2 Å². The average Bonchev–Trinajstić information content (AvgIpc) is 2.46. The quantitative estimate of drug-likeness (QED) is 0.825. The second-order valence-corrected chi connectivity index (χ2v) is 4.43. The van der Waals surface area contributed by atoms with E-state index in [1.165, 1.54) is 0 Å². The van der Waals surface area contributed by atoms with Crippen molar-refractivity contribution in [2.45, 2.75) is 19.1 Å². The van der Waals surface area contributed by atoms with Crippen molar-refractivity contribution in [1.29, 1.82) is 0 Å². The number of aliphatic hydroxyl groups excluding tert-OH is 1. The van der Waals surface area contributed by atoms with Crippen LogP contribution in [0.5, 0.6) is 5.75 Å². The molecule has 2 atom stereocenters. The van der Waals surface area contributed by atoms with Crippen molar-refractivity contribution in [2.75, 3.05) is 0 Å². The lowest BCUT2D eigenvalue weighted by atomic mass is 10.0. The molecule has 19 heavy (non-hydrogen) atoms. The first-order valence-electron chi connectivity index (χ1n) is 6.22. The number of hydrogen-bond donors (Lipinski definition) is 2. The minimum atomic E-state index is -0.650. The number of aromatic hydroxyl groups is 1. The van der Waals surface area contributed by atoms with Gasteiger partial charge in [-0.3, -0.25) is 4.99 Å². The Morgan fingerprint density at radius 2 is 1.63 bits per heavy atom. The molecule has 0 aliphatic heterocycles. The smallest absolute Gasteiger partial charge is 0.124 e. The van der Waals surface area contributed by atoms with E-state index < -0.39 is 6.10 Å². The summed E-state index contributed by atoms with van der Waals surface area (Å²) >= 11 is 0. The third kappa shape index (κ3) is 3.42. The van der Waals surface area contributed by atoms with Crippen molar-refractivity contribution < 1.29 is 10.2 Å². The minimum absolute atomic E-state index is 0.188. The van der Waals surface area contributed by atoms with E-state index in [0.717, 1.165) is 5.56 Å². The van der Waals surface area contributed by atoms with Gasteiger partial charge in [0, 0.05) is 11.8 Å². The number of aliphatic hydroxyl groups is 1. The maximum atomic E-state index is 10.2. The highest BCUT2D eigenvalue weighted by molar-refractivity contribution is 5.83. The van der Waals surface area contributed by atoms with Gasteiger partial charge in [0.05, 0.1) is 6.04 Å². The predicted octanol–water partition coefficient (Wildman–Crippen LogP) is 2.93. The van der Waals surface area contributed by atoms with Gasteiger partial charge in [-0.1, -0.05) is 42.5 Å². The summed E-state index contributed by atoms with van der Waals surface area (Å²) in [5.41, 5.74) is 1.49. The number of phenols is 1. The first-order valence-corrected chi connectivity index (χ1v) is 6.22. The topological polar surface area (TPSA) is 52.8 Å². The molecule has 2 aromatic carbocycles. The lowest BCUT2D eigenvalue weighted by Gasteiger charge is -2.15. The zero-order valence-corrected chi connectivity index (χ0v) is 10.8. The van der Waals surface area contributed by atoms with Gasteiger partial charge in [-0.25, -0.2) is 0 Å². The third-order valence-corrected chi connectivity index (χ3v) is 2.98. The molecule has 0 saturated heterocycles. The van der Waals surface area contributed by atoms with Crippen molar-refractivity contribution in [1.82, 2.24) is 0 Å². The first-order chi connectivity index (χ1) is 9.18. The Kier molecular flexibility index (Phi) is 4.31. The van der Waals surface area contributed by atoms with E-state index in [1.54, 1.807) is 24.4 Å². The van der Waals surface area contributed by atoms with E-state index >= 15 is 0 Å². The van der Waals surface area contributed by atoms with Crippen LogP contribution in [0.25, 0.3) is 0 Å². The summed E-state index contributed by atoms with van der Waals surface area (Å²) in [5.74, 6) is 0.188. The number of nitrogens with zero attached hydrogens (tertiary/aromatic N) is 1. The fourth-order valence-corrected chi connectivity index (χ4v) is 1.80. The van der Waals surface area contributed by atoms with Gasteiger partial charge in [-0.15, -0.1) is 0 Å². The Hall–Kier alpha value is -2.13. The summed E-state index contributed by atoms with van der Waals surface area (Å²) in [5, 5.41) is 19.8. The summed E-state index contributed by atoms with van der Waals surface area (Å²) in [6.45, 7) is 1.84. The molecular weight excluding hydrogens is 238 g/mol. The van der Waals surface area contributed by atoms with Crippen LogP contribution in [0.1, 0.15) is 24.2 Å². The van der Waals surface area contributed by atoms with Gasteiger partial charge in [-0.05, 0) is 24.6 Å². The third-order valence-electron chi connectivity index (χ3n) is 2.98. The molecule has 0 fully saturated rings. The zero-order valence-electron chi connectivity index (χ0n) is 10.8. The number of benzene rings is 2. The van der Waals surface area contributed by atoms with E-state index in [0.29, 0.717) is 5.56 Å². The van der Waals surface area contributed by atoms with Gasteiger partial charge >= 0.3 is 0 Å². The molecule has 3 heteroatoms. The van der Waals surface area contributed by atoms with Gasteiger partial charge in [0.1, 0.15) is 11.9 Å². The second-order valence-electron chi connectivity index (χ2n) is 4.43. The molecule has 2 rings (SSSR count). The second kappa shape index (κ2) is 6.16. The highest BCUT2D eigenvalue weighted by atomic mass is 16.3. The minimum Gasteiger partial charge on any atom is -0.507 e. The van der Waals surface area contributed by atoms with E-state index in [1.807, 2.05) is 43.3 Å². The molecule has 2 N–H and O–H groups in total. The lowest BCUT2D eigenvalue weighted by Crippen LogP contribution is -2.12. The van der Waals surface area contributed by atoms with Gasteiger partial charge in [-0.2, -0.15) is 0 Å². The average molecular weight is 255 g/mol. The molecule has 0 amide bonds. The Morgan fingerprint density at radius 3 is 2.32 bits per heavy atom. The van der Waals surface area contributed by atoms with Crippen LogP contribution >= 0.6 is 0 Å². The molecule has 0 radical (unpaired) electrons. The number of aliphatic imine (C=N–C) groups is 1. The van der Waals surface area contributed by atoms with Crippen molar-refractivity contribution in [3.8, 4) is 5.75 Å². The Bertz CT molecular complexity index is 552. The number of rotatable bonds is 4. The van der Waals surface area contributed by atoms with Crippen molar-refractivity contribution in [3.05, 3.63) is 65.7 Å². The van der Waals surface area contributed by atoms with Crippen LogP contribution in [0, 0.1) is 0 Å². The standard InChI is InChI=1S/C16H17NO2/c1-12(16(19)13-7-3-2-4-8-13)17-11-14-9-5-6-10-15(14)18/h2-12,16,18-19H,1H3/t12-,16-/m0/s1. The fourth-order valence-electron chi connectivity index (χ4n) is 1.80. The summed E-state index contributed by atoms with van der Waals surface area (Å²) in [6, 6.07) is 16.1. The van der Waals surface area contributed by atoms with E-state index in [2.05, 4.69) is 4.99 Å². The van der Waals surface area contributed by atoms with Crippen LogP contribution < -0.4 is 0 Å². The molecule has 0 saturated carbocycles. The van der Waals surface area contributed by atoms with E-state index in [4.69, 9.17) is 0 Å². The van der Waals surface area contributed by atoms with Gasteiger partial charge in [0.25, 0.3) is 0 Å². The van der Waals surface area contributed by atoms with Crippen LogP contribution in [0.15, 0.2) is 59.6 Å². The van der Waals surface area contributed by atoms with Gasteiger partial charge < -0.3 is 10.2 Å². The summed E-state index contributed by atoms with van der Waals surface area (Å²) < 4.78 is 0. The SMILES string of the molecule is C[C@H](N=Cc1ccccc1O)[C@H](O)c1ccccc1. The summed E-state index contributed by atoms with van der Waals surface area (Å²) in [7, 11) is 0. The summed E-state index contributed by atoms with van der Waals surface area (Å²) in [4.78, 5) is 4.30. The largest absolute Gasteiger partial charge is 0.507 e. The highest BCUT2D eigenvalue weighted by Crippen LogP contribution is 2.19. The highest BCUT2D eigenvalue weighted by Gasteiger charge is 2.14. The number of hydrogen-bond acceptors (Lipinski definition) is 3. The van der Waals surface area contributed by atoms with Crippen molar-refractivity contribution in [3.63, 3.8) is 0 Å². The molecule has 2 aromatic rings. The molecule has 0 bridgehead atoms. The Morgan fingerprint density at radius 1 is 1.00 bits per heavy atom. The molecule has 0 spiro atoms. The monoisotopic (exact) mass is 255 g/mol. The van der Waals surface area contributed by atoms with Crippen molar-refractivity contribution >= 4 is 6.21 Å². The number of para-hydroxylation sites is 1. The van der Waals surface area contributed by atoms with Crippen LogP contribution in [-0.2, 0) is 0 Å². The molecule has 0 aliphatic carbocycles. The lowest BCUT2D eigenvalue weighted by molar-refractivity contribution is 0.154. The zero-order chi connectivity index (χ0) is 13.7. The predicted molar refractivity (Wildman–Crippen MR) is 76.6 cm³/mol. The van der Waals surface area contributed by atoms with Gasteiger partial charge in [0.2, 0.25) is 0 Å². The molecule has 3 nitrogen and oxygen atoms in total. The fraction of sp³-hybridized carbons (Fsp3) is 0.188. The Labute approximate surface area is 112 Å². The normalized spacial score (nSPS) is 14.4. The molecule has 0 heterocycles. The van der Waals surface area contributed by atoms with E-state index in [-0.39, 0.29) is 11.8 Å². The molecule has 0 unspecified atom stereocenters. The molecule has 0 aromatic heterocycles. The van der Waals surface area contributed by atoms with Crippen LogP contribution in [-0.4, -0.2) is 22.5 Å².